The third-order valence-electron chi connectivity index (χ3n) is 6.24. The van der Waals surface area contributed by atoms with Gasteiger partial charge in [0.1, 0.15) is 23.6 Å². The van der Waals surface area contributed by atoms with E-state index in [1.165, 1.54) is 18.1 Å². The number of nitrogens with two attached hydrogens (primary N) is 1. The van der Waals surface area contributed by atoms with Gasteiger partial charge in [-0.1, -0.05) is 0 Å². The predicted octanol–water partition coefficient (Wildman–Crippen LogP) is 4.49. The molecule has 0 aliphatic carbocycles. The van der Waals surface area contributed by atoms with E-state index < -0.39 is 24.6 Å². The Labute approximate surface area is 193 Å². The number of nitrogens with zero attached hydrogens (tertiary/aromatic N) is 6. The van der Waals surface area contributed by atoms with Gasteiger partial charge < -0.3 is 10.5 Å². The zero-order valence-electron chi connectivity index (χ0n) is 18.8. The Bertz CT molecular complexity index is 1260. The van der Waals surface area contributed by atoms with Crippen molar-refractivity contribution in [1.82, 2.24) is 24.6 Å². The number of aromatic nitrogens is 4. The van der Waals surface area contributed by atoms with Crippen molar-refractivity contribution in [2.24, 2.45) is 0 Å². The second kappa shape index (κ2) is 9.06. The zero-order valence-corrected chi connectivity index (χ0v) is 18.8. The minimum absolute atomic E-state index is 0.0253. The maximum Gasteiger partial charge on any atom is 0.282 e. The van der Waals surface area contributed by atoms with E-state index >= 15 is 0 Å². The zero-order chi connectivity index (χ0) is 24.7. The van der Waals surface area contributed by atoms with Crippen molar-refractivity contribution in [2.45, 2.75) is 38.7 Å². The summed E-state index contributed by atoms with van der Waals surface area (Å²) in [7, 11) is 1.48. The molecule has 1 saturated heterocycles. The highest BCUT2D eigenvalue weighted by Gasteiger charge is 2.35. The number of benzene rings is 1. The third kappa shape index (κ3) is 3.90. The smallest absolute Gasteiger partial charge is 0.282 e. The van der Waals surface area contributed by atoms with E-state index in [4.69, 9.17) is 17.0 Å². The molecule has 180 valence electrons. The van der Waals surface area contributed by atoms with Crippen molar-refractivity contribution < 1.29 is 22.3 Å². The van der Waals surface area contributed by atoms with Crippen LogP contribution >= 0.6 is 0 Å². The molecule has 3 heterocycles. The summed E-state index contributed by atoms with van der Waals surface area (Å²) in [6, 6.07) is 0.988. The quantitative estimate of drug-likeness (QED) is 0.399. The molecular weight excluding hydrogens is 454 g/mol. The van der Waals surface area contributed by atoms with Crippen LogP contribution in [0.15, 0.2) is 12.4 Å². The van der Waals surface area contributed by atoms with Gasteiger partial charge in [-0.05, 0) is 31.0 Å². The molecule has 1 aliphatic rings. The Kier molecular flexibility index (Phi) is 6.31. The number of alkyl halides is 4. The molecule has 2 N–H and O–H groups in total. The molecule has 1 atom stereocenters. The van der Waals surface area contributed by atoms with Gasteiger partial charge in [0.2, 0.25) is 0 Å². The molecule has 12 heteroatoms. The number of likely N-dealkylation sites (tertiary alicyclic amines) is 1. The lowest BCUT2D eigenvalue weighted by molar-refractivity contribution is 0.0460. The van der Waals surface area contributed by atoms with Crippen LogP contribution in [0.2, 0.25) is 0 Å². The number of rotatable bonds is 7. The molecule has 1 unspecified atom stereocenters. The van der Waals surface area contributed by atoms with Gasteiger partial charge in [0.25, 0.3) is 12.9 Å². The summed E-state index contributed by atoms with van der Waals surface area (Å²) in [5.74, 6) is 0.263. The molecule has 8 nitrogen and oxygen atoms in total. The highest BCUT2D eigenvalue weighted by Crippen LogP contribution is 2.45. The lowest BCUT2D eigenvalue weighted by atomic mass is 9.84. The Hall–Kier alpha value is -3.46. The van der Waals surface area contributed by atoms with E-state index in [2.05, 4.69) is 19.9 Å². The molecule has 0 radical (unpaired) electrons. The molecule has 4 rings (SSSR count). The predicted molar refractivity (Wildman–Crippen MR) is 118 cm³/mol. The molecule has 1 aromatic carbocycles. The third-order valence-corrected chi connectivity index (χ3v) is 6.24. The number of anilines is 1. The van der Waals surface area contributed by atoms with Crippen LogP contribution in [0.4, 0.5) is 29.1 Å². The average Bonchev–Trinajstić information content (AvgIpc) is 3.16. The highest BCUT2D eigenvalue weighted by atomic mass is 19.3. The SMILES string of the molecule is [C-]#[N+]c1cc(C(C)n2nc(C(F)F)c3c(N)ncnc32)c(OC)c(C2CN(CC(F)F)C2)c1C. The molecular formula is C22H23F4N7O. The van der Waals surface area contributed by atoms with Gasteiger partial charge in [-0.2, -0.15) is 5.10 Å². The molecule has 3 aromatic rings. The summed E-state index contributed by atoms with van der Waals surface area (Å²) in [6.07, 6.45) is -4.15. The van der Waals surface area contributed by atoms with Crippen molar-refractivity contribution in [3.8, 4) is 5.75 Å². The standard InChI is InChI=1S/C22H23F4N7O/c1-10-14(28-3)5-13(19(34-4)16(10)12-6-32(7-12)8-15(23)24)11(2)33-22-17(18(31-33)20(25)26)21(27)29-9-30-22/h5,9,11-12,15,20H,6-8H2,1-2,4H3,(H2,27,29,30). The van der Waals surface area contributed by atoms with Crippen LogP contribution in [-0.4, -0.2) is 57.8 Å². The van der Waals surface area contributed by atoms with Gasteiger partial charge in [0.05, 0.1) is 31.7 Å². The number of halogens is 4. The molecule has 1 fully saturated rings. The lowest BCUT2D eigenvalue weighted by Gasteiger charge is -2.41. The van der Waals surface area contributed by atoms with E-state index in [9.17, 15) is 17.6 Å². The molecule has 0 spiro atoms. The number of nitrogen functional groups attached to an aromatic ring is 1. The fraction of sp³-hybridized carbons (Fsp3) is 0.455. The van der Waals surface area contributed by atoms with Crippen LogP contribution in [0, 0.1) is 13.5 Å². The van der Waals surface area contributed by atoms with Crippen molar-refractivity contribution >= 4 is 22.5 Å². The Morgan fingerprint density at radius 1 is 1.26 bits per heavy atom. The molecule has 2 aromatic heterocycles. The number of methoxy groups -OCH3 is 1. The lowest BCUT2D eigenvalue weighted by Crippen LogP contribution is -2.47. The summed E-state index contributed by atoms with van der Waals surface area (Å²) >= 11 is 0. The number of ether oxygens (including phenoxy) is 1. The van der Waals surface area contributed by atoms with E-state index in [0.29, 0.717) is 35.7 Å². The summed E-state index contributed by atoms with van der Waals surface area (Å²) in [5.41, 5.74) is 7.82. The highest BCUT2D eigenvalue weighted by molar-refractivity contribution is 5.88. The Morgan fingerprint density at radius 3 is 2.56 bits per heavy atom. The second-order valence-electron chi connectivity index (χ2n) is 8.24. The molecule has 34 heavy (non-hydrogen) atoms. The largest absolute Gasteiger partial charge is 0.496 e. The Balaban J connectivity index is 1.84. The minimum atomic E-state index is -2.89. The molecule has 0 saturated carbocycles. The van der Waals surface area contributed by atoms with Crippen molar-refractivity contribution in [2.75, 3.05) is 32.5 Å². The van der Waals surface area contributed by atoms with Crippen molar-refractivity contribution in [3.05, 3.63) is 46.2 Å². The summed E-state index contributed by atoms with van der Waals surface area (Å²) in [6.45, 7) is 11.6. The monoisotopic (exact) mass is 477 g/mol. The van der Waals surface area contributed by atoms with Crippen LogP contribution in [-0.2, 0) is 0 Å². The maximum atomic E-state index is 13.7. The molecule has 0 bridgehead atoms. The first kappa shape index (κ1) is 23.7. The molecule has 1 aliphatic heterocycles. The summed E-state index contributed by atoms with van der Waals surface area (Å²) in [5, 5.41) is 4.07. The van der Waals surface area contributed by atoms with E-state index in [-0.39, 0.29) is 29.3 Å². The normalized spacial score (nSPS) is 15.6. The minimum Gasteiger partial charge on any atom is -0.496 e. The van der Waals surface area contributed by atoms with Crippen molar-refractivity contribution in [1.29, 1.82) is 0 Å². The fourth-order valence-corrected chi connectivity index (χ4v) is 4.60. The van der Waals surface area contributed by atoms with Gasteiger partial charge in [0.15, 0.2) is 11.3 Å². The van der Waals surface area contributed by atoms with Crippen LogP contribution < -0.4 is 10.5 Å². The summed E-state index contributed by atoms with van der Waals surface area (Å²) < 4.78 is 60.0. The topological polar surface area (TPSA) is 86.5 Å². The van der Waals surface area contributed by atoms with Gasteiger partial charge >= 0.3 is 0 Å². The number of hydrogen-bond acceptors (Lipinski definition) is 6. The number of fused-ring (bicyclic) bond motifs is 1. The first-order valence-corrected chi connectivity index (χ1v) is 10.5. The second-order valence-corrected chi connectivity index (χ2v) is 8.24. The van der Waals surface area contributed by atoms with E-state index in [0.717, 1.165) is 5.56 Å². The van der Waals surface area contributed by atoms with Crippen molar-refractivity contribution in [3.63, 3.8) is 0 Å². The van der Waals surface area contributed by atoms with Gasteiger partial charge in [-0.25, -0.2) is 37.1 Å². The van der Waals surface area contributed by atoms with Gasteiger partial charge in [-0.3, -0.25) is 4.90 Å². The van der Waals surface area contributed by atoms with E-state index in [1.807, 2.05) is 0 Å². The fourth-order valence-electron chi connectivity index (χ4n) is 4.60. The summed E-state index contributed by atoms with van der Waals surface area (Å²) in [4.78, 5) is 13.2. The van der Waals surface area contributed by atoms with Crippen LogP contribution in [0.5, 0.6) is 5.75 Å². The van der Waals surface area contributed by atoms with E-state index in [1.54, 1.807) is 24.8 Å². The van der Waals surface area contributed by atoms with Crippen LogP contribution in [0.3, 0.4) is 0 Å². The first-order chi connectivity index (χ1) is 16.2. The average molecular weight is 477 g/mol. The maximum absolute atomic E-state index is 13.7. The van der Waals surface area contributed by atoms with Gasteiger partial charge in [-0.15, -0.1) is 0 Å². The van der Waals surface area contributed by atoms with Gasteiger partial charge in [0, 0.05) is 24.6 Å². The first-order valence-electron chi connectivity index (χ1n) is 10.5. The number of hydrogen-bond donors (Lipinski definition) is 1. The van der Waals surface area contributed by atoms with Crippen LogP contribution in [0.25, 0.3) is 15.9 Å². The van der Waals surface area contributed by atoms with Crippen LogP contribution in [0.1, 0.15) is 47.7 Å². The Morgan fingerprint density at radius 2 is 1.97 bits per heavy atom. The molecule has 0 amide bonds.